The molecule has 0 bridgehead atoms. The number of carbonyl (C=O) groups excluding carboxylic acids is 1. The number of thioether (sulfide) groups is 1. The highest BCUT2D eigenvalue weighted by molar-refractivity contribution is 8.00. The van der Waals surface area contributed by atoms with E-state index in [9.17, 15) is 9.59 Å². The van der Waals surface area contributed by atoms with Crippen molar-refractivity contribution < 1.29 is 9.53 Å². The van der Waals surface area contributed by atoms with Gasteiger partial charge in [-0.25, -0.2) is 4.98 Å². The highest BCUT2D eigenvalue weighted by Crippen LogP contribution is 2.26. The minimum absolute atomic E-state index is 0.0243. The highest BCUT2D eigenvalue weighted by Gasteiger charge is 2.27. The van der Waals surface area contributed by atoms with E-state index in [-0.39, 0.29) is 16.7 Å². The van der Waals surface area contributed by atoms with Crippen LogP contribution in [0.1, 0.15) is 33.1 Å². The fourth-order valence-corrected chi connectivity index (χ4v) is 3.80. The van der Waals surface area contributed by atoms with Crippen molar-refractivity contribution in [3.8, 4) is 0 Å². The van der Waals surface area contributed by atoms with Crippen molar-refractivity contribution in [2.24, 2.45) is 0 Å². The number of ether oxygens (including phenoxy) is 1. The van der Waals surface area contributed by atoms with Crippen LogP contribution >= 0.6 is 23.4 Å². The number of amides is 1. The van der Waals surface area contributed by atoms with Crippen molar-refractivity contribution in [3.63, 3.8) is 0 Å². The van der Waals surface area contributed by atoms with Gasteiger partial charge in [0.25, 0.3) is 5.56 Å². The van der Waals surface area contributed by atoms with Crippen LogP contribution < -0.4 is 10.9 Å². The molecule has 2 aromatic rings. The second-order valence-electron chi connectivity index (χ2n) is 6.61. The number of aromatic nitrogens is 2. The molecule has 1 saturated carbocycles. The molecule has 1 atom stereocenters. The lowest BCUT2D eigenvalue weighted by atomic mass is 10.2. The Labute approximate surface area is 167 Å². The maximum atomic E-state index is 13.0. The number of halogens is 1. The van der Waals surface area contributed by atoms with Gasteiger partial charge in [-0.2, -0.15) is 0 Å². The maximum absolute atomic E-state index is 13.0. The third-order valence-electron chi connectivity index (χ3n) is 4.33. The maximum Gasteiger partial charge on any atom is 0.262 e. The molecule has 1 N–H and O–H groups in total. The summed E-state index contributed by atoms with van der Waals surface area (Å²) < 4.78 is 7.02. The van der Waals surface area contributed by atoms with E-state index in [0.29, 0.717) is 53.3 Å². The van der Waals surface area contributed by atoms with Crippen LogP contribution in [0, 0.1) is 0 Å². The Hall–Kier alpha value is -1.57. The van der Waals surface area contributed by atoms with Gasteiger partial charge in [0.2, 0.25) is 5.91 Å². The van der Waals surface area contributed by atoms with Crippen LogP contribution in [0.15, 0.2) is 28.2 Å². The Bertz CT molecular complexity index is 882. The second-order valence-corrected chi connectivity index (χ2v) is 8.35. The van der Waals surface area contributed by atoms with Gasteiger partial charge in [-0.1, -0.05) is 23.4 Å². The van der Waals surface area contributed by atoms with Crippen LogP contribution in [-0.4, -0.2) is 40.0 Å². The van der Waals surface area contributed by atoms with Gasteiger partial charge in [-0.05, 0) is 51.3 Å². The molecule has 146 valence electrons. The van der Waals surface area contributed by atoms with Gasteiger partial charge < -0.3 is 10.1 Å². The smallest absolute Gasteiger partial charge is 0.262 e. The van der Waals surface area contributed by atoms with Gasteiger partial charge in [0.15, 0.2) is 5.16 Å². The van der Waals surface area contributed by atoms with Crippen molar-refractivity contribution in [1.82, 2.24) is 14.9 Å². The minimum atomic E-state index is -0.340. The second kappa shape index (κ2) is 9.08. The number of carbonyl (C=O) groups is 1. The van der Waals surface area contributed by atoms with Crippen molar-refractivity contribution in [3.05, 3.63) is 33.6 Å². The zero-order valence-corrected chi connectivity index (χ0v) is 17.1. The van der Waals surface area contributed by atoms with E-state index in [4.69, 9.17) is 16.3 Å². The summed E-state index contributed by atoms with van der Waals surface area (Å²) in [7, 11) is 0. The third-order valence-corrected chi connectivity index (χ3v) is 5.66. The standard InChI is InChI=1S/C19H24ClN3O3S/c1-3-26-10-4-9-23-18(25)15-8-5-13(20)11-16(15)22-19(23)27-12(2)17(24)21-14-6-7-14/h5,8,11-12,14H,3-4,6-7,9-10H2,1-2H3,(H,21,24)/t12-/m0/s1. The van der Waals surface area contributed by atoms with Gasteiger partial charge in [-0.3, -0.25) is 14.2 Å². The van der Waals surface area contributed by atoms with E-state index < -0.39 is 0 Å². The monoisotopic (exact) mass is 409 g/mol. The molecule has 1 aromatic carbocycles. The molecule has 1 aromatic heterocycles. The first-order valence-electron chi connectivity index (χ1n) is 9.24. The molecule has 0 radical (unpaired) electrons. The van der Waals surface area contributed by atoms with E-state index in [0.717, 1.165) is 12.8 Å². The topological polar surface area (TPSA) is 73.2 Å². The summed E-state index contributed by atoms with van der Waals surface area (Å²) >= 11 is 7.37. The number of fused-ring (bicyclic) bond motifs is 1. The Morgan fingerprint density at radius 2 is 2.26 bits per heavy atom. The molecule has 1 heterocycles. The molecule has 1 aliphatic carbocycles. The van der Waals surface area contributed by atoms with E-state index in [1.807, 2.05) is 13.8 Å². The summed E-state index contributed by atoms with van der Waals surface area (Å²) in [5.74, 6) is -0.0243. The number of rotatable bonds is 9. The van der Waals surface area contributed by atoms with Gasteiger partial charge >= 0.3 is 0 Å². The summed E-state index contributed by atoms with van der Waals surface area (Å²) in [4.78, 5) is 29.9. The molecular weight excluding hydrogens is 386 g/mol. The minimum Gasteiger partial charge on any atom is -0.382 e. The van der Waals surface area contributed by atoms with E-state index in [1.54, 1.807) is 22.8 Å². The quantitative estimate of drug-likeness (QED) is 0.391. The van der Waals surface area contributed by atoms with Crippen molar-refractivity contribution >= 4 is 40.2 Å². The Morgan fingerprint density at radius 3 is 2.96 bits per heavy atom. The largest absolute Gasteiger partial charge is 0.382 e. The first-order chi connectivity index (χ1) is 13.0. The van der Waals surface area contributed by atoms with Gasteiger partial charge in [0.05, 0.1) is 16.2 Å². The Balaban J connectivity index is 1.89. The molecule has 1 amide bonds. The van der Waals surface area contributed by atoms with E-state index in [1.165, 1.54) is 11.8 Å². The lowest BCUT2D eigenvalue weighted by Gasteiger charge is -2.16. The fourth-order valence-electron chi connectivity index (χ4n) is 2.69. The molecule has 27 heavy (non-hydrogen) atoms. The fraction of sp³-hybridized carbons (Fsp3) is 0.526. The van der Waals surface area contributed by atoms with Gasteiger partial charge in [-0.15, -0.1) is 0 Å². The van der Waals surface area contributed by atoms with Crippen molar-refractivity contribution in [1.29, 1.82) is 0 Å². The number of nitrogens with zero attached hydrogens (tertiary/aromatic N) is 2. The predicted octanol–water partition coefficient (Wildman–Crippen LogP) is 3.24. The zero-order valence-electron chi connectivity index (χ0n) is 15.5. The normalized spacial score (nSPS) is 15.1. The number of hydrogen-bond acceptors (Lipinski definition) is 5. The molecule has 1 fully saturated rings. The number of hydrogen-bond donors (Lipinski definition) is 1. The van der Waals surface area contributed by atoms with Crippen LogP contribution in [0.3, 0.4) is 0 Å². The molecule has 0 unspecified atom stereocenters. The number of benzene rings is 1. The van der Waals surface area contributed by atoms with Gasteiger partial charge in [0, 0.05) is 30.8 Å². The highest BCUT2D eigenvalue weighted by atomic mass is 35.5. The molecular formula is C19H24ClN3O3S. The summed E-state index contributed by atoms with van der Waals surface area (Å²) in [5.41, 5.74) is 0.427. The third kappa shape index (κ3) is 5.24. The lowest BCUT2D eigenvalue weighted by molar-refractivity contribution is -0.120. The predicted molar refractivity (Wildman–Crippen MR) is 109 cm³/mol. The van der Waals surface area contributed by atoms with Crippen LogP contribution in [0.4, 0.5) is 0 Å². The lowest BCUT2D eigenvalue weighted by Crippen LogP contribution is -2.33. The van der Waals surface area contributed by atoms with Crippen LogP contribution in [-0.2, 0) is 16.1 Å². The van der Waals surface area contributed by atoms with Crippen LogP contribution in [0.25, 0.3) is 10.9 Å². The summed E-state index contributed by atoms with van der Waals surface area (Å²) in [5, 5.41) is 4.24. The zero-order chi connectivity index (χ0) is 19.4. The van der Waals surface area contributed by atoms with E-state index in [2.05, 4.69) is 10.3 Å². The Kier molecular flexibility index (Phi) is 6.78. The summed E-state index contributed by atoms with van der Waals surface area (Å²) in [6.07, 6.45) is 2.78. The molecule has 6 nitrogen and oxygen atoms in total. The molecule has 1 aliphatic rings. The average Bonchev–Trinajstić information content (AvgIpc) is 3.44. The van der Waals surface area contributed by atoms with Crippen molar-refractivity contribution in [2.45, 2.75) is 56.1 Å². The number of nitrogens with one attached hydrogen (secondary N) is 1. The van der Waals surface area contributed by atoms with Crippen molar-refractivity contribution in [2.75, 3.05) is 13.2 Å². The molecule has 0 spiro atoms. The van der Waals surface area contributed by atoms with Crippen LogP contribution in [0.2, 0.25) is 5.02 Å². The molecule has 0 aliphatic heterocycles. The van der Waals surface area contributed by atoms with Gasteiger partial charge in [0.1, 0.15) is 0 Å². The molecule has 0 saturated heterocycles. The molecule has 8 heteroatoms. The van der Waals surface area contributed by atoms with E-state index >= 15 is 0 Å². The Morgan fingerprint density at radius 1 is 1.48 bits per heavy atom. The average molecular weight is 410 g/mol. The summed E-state index contributed by atoms with van der Waals surface area (Å²) in [6, 6.07) is 5.37. The summed E-state index contributed by atoms with van der Waals surface area (Å²) in [6.45, 7) is 5.48. The first kappa shape index (κ1) is 20.2. The SMILES string of the molecule is CCOCCCn1c(S[C@@H](C)C(=O)NC2CC2)nc2cc(Cl)ccc2c1=O. The molecule has 3 rings (SSSR count). The van der Waals surface area contributed by atoms with Crippen LogP contribution in [0.5, 0.6) is 0 Å². The first-order valence-corrected chi connectivity index (χ1v) is 10.5.